The third-order valence-electron chi connectivity index (χ3n) is 4.56. The Morgan fingerprint density at radius 2 is 1.74 bits per heavy atom. The van der Waals surface area contributed by atoms with Gasteiger partial charge in [0.1, 0.15) is 11.5 Å². The molecule has 2 heterocycles. The SMILES string of the molecule is CNc1nccc(-c2ccc(C(=O)NCCc3ccc(Oc4ccccc4)cc3)s2)n1. The number of ether oxygens (including phenoxy) is 1. The number of hydrogen-bond acceptors (Lipinski definition) is 6. The summed E-state index contributed by atoms with van der Waals surface area (Å²) in [7, 11) is 1.77. The molecule has 6 nitrogen and oxygen atoms in total. The van der Waals surface area contributed by atoms with Crippen LogP contribution in [0.25, 0.3) is 10.6 Å². The van der Waals surface area contributed by atoms with Crippen LogP contribution in [0.3, 0.4) is 0 Å². The van der Waals surface area contributed by atoms with Crippen LogP contribution in [-0.2, 0) is 6.42 Å². The van der Waals surface area contributed by atoms with E-state index in [4.69, 9.17) is 4.74 Å². The molecule has 31 heavy (non-hydrogen) atoms. The number of aromatic nitrogens is 2. The fraction of sp³-hybridized carbons (Fsp3) is 0.125. The summed E-state index contributed by atoms with van der Waals surface area (Å²) in [5.41, 5.74) is 1.93. The zero-order chi connectivity index (χ0) is 21.5. The van der Waals surface area contributed by atoms with E-state index in [-0.39, 0.29) is 5.91 Å². The summed E-state index contributed by atoms with van der Waals surface area (Å²) < 4.78 is 5.81. The monoisotopic (exact) mass is 430 g/mol. The Morgan fingerprint density at radius 1 is 0.968 bits per heavy atom. The normalized spacial score (nSPS) is 10.5. The highest BCUT2D eigenvalue weighted by atomic mass is 32.1. The predicted octanol–water partition coefficient (Wildman–Crippen LogP) is 5.01. The van der Waals surface area contributed by atoms with E-state index in [0.29, 0.717) is 17.4 Å². The first-order valence-electron chi connectivity index (χ1n) is 9.92. The molecule has 0 unspecified atom stereocenters. The number of para-hydroxylation sites is 1. The second kappa shape index (κ2) is 9.86. The van der Waals surface area contributed by atoms with E-state index in [1.807, 2.05) is 72.8 Å². The molecule has 0 fully saturated rings. The van der Waals surface area contributed by atoms with Crippen molar-refractivity contribution in [3.05, 3.63) is 89.4 Å². The number of nitrogens with zero attached hydrogens (tertiary/aromatic N) is 2. The lowest BCUT2D eigenvalue weighted by Gasteiger charge is -2.07. The highest BCUT2D eigenvalue weighted by molar-refractivity contribution is 7.17. The van der Waals surface area contributed by atoms with Gasteiger partial charge in [-0.3, -0.25) is 4.79 Å². The quantitative estimate of drug-likeness (QED) is 0.411. The topological polar surface area (TPSA) is 76.1 Å². The van der Waals surface area contributed by atoms with Crippen LogP contribution in [-0.4, -0.2) is 29.5 Å². The summed E-state index contributed by atoms with van der Waals surface area (Å²) in [6.07, 6.45) is 2.44. The van der Waals surface area contributed by atoms with Crippen LogP contribution in [0.4, 0.5) is 5.95 Å². The molecule has 1 amide bonds. The average molecular weight is 431 g/mol. The van der Waals surface area contributed by atoms with E-state index in [1.165, 1.54) is 11.3 Å². The van der Waals surface area contributed by atoms with E-state index >= 15 is 0 Å². The van der Waals surface area contributed by atoms with Crippen molar-refractivity contribution in [2.24, 2.45) is 0 Å². The van der Waals surface area contributed by atoms with Crippen LogP contribution >= 0.6 is 11.3 Å². The Balaban J connectivity index is 1.29. The van der Waals surface area contributed by atoms with Gasteiger partial charge in [-0.15, -0.1) is 11.3 Å². The van der Waals surface area contributed by atoms with Crippen LogP contribution in [0.15, 0.2) is 79.0 Å². The fourth-order valence-corrected chi connectivity index (χ4v) is 3.86. The van der Waals surface area contributed by atoms with Crippen LogP contribution in [0.5, 0.6) is 11.5 Å². The largest absolute Gasteiger partial charge is 0.457 e. The van der Waals surface area contributed by atoms with Crippen molar-refractivity contribution in [1.29, 1.82) is 0 Å². The van der Waals surface area contributed by atoms with Crippen LogP contribution in [0.1, 0.15) is 15.2 Å². The van der Waals surface area contributed by atoms with Crippen molar-refractivity contribution in [2.45, 2.75) is 6.42 Å². The van der Waals surface area contributed by atoms with Crippen molar-refractivity contribution in [3.63, 3.8) is 0 Å². The summed E-state index contributed by atoms with van der Waals surface area (Å²) >= 11 is 1.42. The third-order valence-corrected chi connectivity index (χ3v) is 5.67. The van der Waals surface area contributed by atoms with E-state index in [2.05, 4.69) is 20.6 Å². The number of rotatable bonds is 8. The van der Waals surface area contributed by atoms with Gasteiger partial charge in [0.25, 0.3) is 5.91 Å². The second-order valence-electron chi connectivity index (χ2n) is 6.74. The Morgan fingerprint density at radius 3 is 2.52 bits per heavy atom. The molecular formula is C24H22N4O2S. The maximum atomic E-state index is 12.5. The lowest BCUT2D eigenvalue weighted by Crippen LogP contribution is -2.24. The molecule has 0 saturated carbocycles. The molecule has 0 spiro atoms. The minimum Gasteiger partial charge on any atom is -0.457 e. The van der Waals surface area contributed by atoms with Gasteiger partial charge in [0, 0.05) is 19.8 Å². The molecule has 2 aromatic carbocycles. The smallest absolute Gasteiger partial charge is 0.261 e. The molecule has 0 aliphatic rings. The van der Waals surface area contributed by atoms with Crippen molar-refractivity contribution < 1.29 is 9.53 Å². The van der Waals surface area contributed by atoms with E-state index < -0.39 is 0 Å². The third kappa shape index (κ3) is 5.46. The average Bonchev–Trinajstić information content (AvgIpc) is 3.31. The number of anilines is 1. The second-order valence-corrected chi connectivity index (χ2v) is 7.83. The summed E-state index contributed by atoms with van der Waals surface area (Å²) in [6.45, 7) is 0.558. The molecule has 4 aromatic rings. The van der Waals surface area contributed by atoms with Crippen molar-refractivity contribution in [3.8, 4) is 22.1 Å². The van der Waals surface area contributed by atoms with Gasteiger partial charge in [-0.1, -0.05) is 30.3 Å². The van der Waals surface area contributed by atoms with Gasteiger partial charge in [0.2, 0.25) is 5.95 Å². The molecule has 156 valence electrons. The summed E-state index contributed by atoms with van der Waals surface area (Å²) in [4.78, 5) is 22.6. The molecule has 0 saturated heterocycles. The first-order valence-corrected chi connectivity index (χ1v) is 10.7. The number of thiophene rings is 1. The molecule has 0 radical (unpaired) electrons. The van der Waals surface area contributed by atoms with Gasteiger partial charge in [0.05, 0.1) is 15.4 Å². The maximum Gasteiger partial charge on any atom is 0.261 e. The first kappa shape index (κ1) is 20.6. The number of carbonyl (C=O) groups is 1. The van der Waals surface area contributed by atoms with Crippen LogP contribution in [0.2, 0.25) is 0 Å². The lowest BCUT2D eigenvalue weighted by molar-refractivity contribution is 0.0958. The zero-order valence-corrected chi connectivity index (χ0v) is 17.9. The minimum absolute atomic E-state index is 0.0804. The summed E-state index contributed by atoms with van der Waals surface area (Å²) in [6, 6.07) is 23.2. The Bertz CT molecular complexity index is 1140. The van der Waals surface area contributed by atoms with E-state index in [0.717, 1.165) is 34.1 Å². The molecule has 4 rings (SSSR count). The lowest BCUT2D eigenvalue weighted by atomic mass is 10.1. The summed E-state index contributed by atoms with van der Waals surface area (Å²) in [5.74, 6) is 2.07. The number of amides is 1. The van der Waals surface area contributed by atoms with Gasteiger partial charge < -0.3 is 15.4 Å². The van der Waals surface area contributed by atoms with Crippen LogP contribution < -0.4 is 15.4 Å². The molecule has 7 heteroatoms. The number of hydrogen-bond donors (Lipinski definition) is 2. The minimum atomic E-state index is -0.0804. The van der Waals surface area contributed by atoms with E-state index in [9.17, 15) is 4.79 Å². The van der Waals surface area contributed by atoms with E-state index in [1.54, 1.807) is 13.2 Å². The highest BCUT2D eigenvalue weighted by Gasteiger charge is 2.11. The van der Waals surface area contributed by atoms with Crippen LogP contribution in [0, 0.1) is 0 Å². The Labute approximate surface area is 185 Å². The van der Waals surface area contributed by atoms with Gasteiger partial charge in [-0.2, -0.15) is 0 Å². The molecule has 2 aromatic heterocycles. The van der Waals surface area contributed by atoms with Gasteiger partial charge in [-0.25, -0.2) is 9.97 Å². The highest BCUT2D eigenvalue weighted by Crippen LogP contribution is 2.27. The van der Waals surface area contributed by atoms with Gasteiger partial charge in [-0.05, 0) is 54.4 Å². The predicted molar refractivity (Wildman–Crippen MR) is 124 cm³/mol. The van der Waals surface area contributed by atoms with Crippen molar-refractivity contribution >= 4 is 23.2 Å². The van der Waals surface area contributed by atoms with Gasteiger partial charge >= 0.3 is 0 Å². The van der Waals surface area contributed by atoms with Crippen molar-refractivity contribution in [2.75, 3.05) is 18.9 Å². The number of carbonyl (C=O) groups excluding carboxylic acids is 1. The van der Waals surface area contributed by atoms with Crippen molar-refractivity contribution in [1.82, 2.24) is 15.3 Å². The fourth-order valence-electron chi connectivity index (χ4n) is 2.97. The van der Waals surface area contributed by atoms with Gasteiger partial charge in [0.15, 0.2) is 0 Å². The molecule has 2 N–H and O–H groups in total. The molecule has 0 bridgehead atoms. The maximum absolute atomic E-state index is 12.5. The summed E-state index contributed by atoms with van der Waals surface area (Å²) in [5, 5.41) is 5.91. The Hall–Kier alpha value is -3.71. The molecule has 0 aliphatic heterocycles. The molecular weight excluding hydrogens is 408 g/mol. The standard InChI is InChI=1S/C24H22N4O2S/c1-25-24-27-16-14-20(28-24)21-11-12-22(31-21)23(29)26-15-13-17-7-9-19(10-8-17)30-18-5-3-2-4-6-18/h2-12,14,16H,13,15H2,1H3,(H,26,29)(H,25,27,28). The molecule has 0 aliphatic carbocycles. The zero-order valence-electron chi connectivity index (χ0n) is 17.0. The number of nitrogens with one attached hydrogen (secondary N) is 2. The number of benzene rings is 2. The Kier molecular flexibility index (Phi) is 6.54. The first-order chi connectivity index (χ1) is 15.2. The molecule has 0 atom stereocenters.